The molecule has 6 nitrogen and oxygen atoms in total. The molecule has 1 aliphatic rings. The van der Waals surface area contributed by atoms with Crippen LogP contribution in [-0.4, -0.2) is 56.0 Å². The fourth-order valence-corrected chi connectivity index (χ4v) is 4.01. The molecule has 1 fully saturated rings. The molecule has 0 spiro atoms. The van der Waals surface area contributed by atoms with Gasteiger partial charge >= 0.3 is 0 Å². The number of nitrogens with one attached hydrogen (secondary N) is 1. The van der Waals surface area contributed by atoms with Gasteiger partial charge in [0.2, 0.25) is 5.91 Å². The maximum Gasteiger partial charge on any atom is 0.255 e. The average Bonchev–Trinajstić information content (AvgIpc) is 2.78. The zero-order valence-corrected chi connectivity index (χ0v) is 19.1. The number of benzene rings is 2. The number of anilines is 1. The van der Waals surface area contributed by atoms with Gasteiger partial charge in [-0.1, -0.05) is 38.1 Å². The minimum atomic E-state index is -0.579. The second-order valence-corrected chi connectivity index (χ2v) is 8.43. The van der Waals surface area contributed by atoms with E-state index in [1.54, 1.807) is 18.2 Å². The first-order valence-electron chi connectivity index (χ1n) is 10.9. The number of hydrogen-bond donors (Lipinski definition) is 1. The third-order valence-corrected chi connectivity index (χ3v) is 6.08. The number of piperazine rings is 1. The Morgan fingerprint density at radius 2 is 1.65 bits per heavy atom. The van der Waals surface area contributed by atoms with Gasteiger partial charge in [-0.05, 0) is 49.1 Å². The number of ether oxygens (including phenoxy) is 1. The smallest absolute Gasteiger partial charge is 0.255 e. The van der Waals surface area contributed by atoms with E-state index < -0.39 is 6.04 Å². The summed E-state index contributed by atoms with van der Waals surface area (Å²) in [4.78, 5) is 30.4. The Balaban J connectivity index is 1.67. The summed E-state index contributed by atoms with van der Waals surface area (Å²) < 4.78 is 5.30. The summed E-state index contributed by atoms with van der Waals surface area (Å²) in [6.45, 7) is 11.0. The Bertz CT molecular complexity index is 933. The number of rotatable bonds is 6. The Morgan fingerprint density at radius 3 is 2.29 bits per heavy atom. The third kappa shape index (κ3) is 5.01. The lowest BCUT2D eigenvalue weighted by Gasteiger charge is -2.39. The summed E-state index contributed by atoms with van der Waals surface area (Å²) in [6.07, 6.45) is 0. The maximum atomic E-state index is 13.3. The second kappa shape index (κ2) is 9.86. The van der Waals surface area contributed by atoms with Crippen molar-refractivity contribution in [3.63, 3.8) is 0 Å². The molecule has 1 aliphatic heterocycles. The van der Waals surface area contributed by atoms with Crippen LogP contribution in [0.25, 0.3) is 0 Å². The molecule has 0 radical (unpaired) electrons. The van der Waals surface area contributed by atoms with E-state index in [0.29, 0.717) is 24.4 Å². The monoisotopic (exact) mass is 423 g/mol. The van der Waals surface area contributed by atoms with Gasteiger partial charge in [-0.2, -0.15) is 0 Å². The van der Waals surface area contributed by atoms with Crippen LogP contribution < -0.4 is 15.0 Å². The molecule has 166 valence electrons. The number of amides is 2. The highest BCUT2D eigenvalue weighted by molar-refractivity contribution is 5.99. The summed E-state index contributed by atoms with van der Waals surface area (Å²) in [5, 5.41) is 2.94. The minimum Gasteiger partial charge on any atom is -0.496 e. The summed E-state index contributed by atoms with van der Waals surface area (Å²) >= 11 is 0. The van der Waals surface area contributed by atoms with E-state index in [9.17, 15) is 9.59 Å². The van der Waals surface area contributed by atoms with Gasteiger partial charge < -0.3 is 19.9 Å². The number of nitrogens with zero attached hydrogens (tertiary/aromatic N) is 2. The van der Waals surface area contributed by atoms with Gasteiger partial charge in [0, 0.05) is 31.9 Å². The van der Waals surface area contributed by atoms with Gasteiger partial charge in [0.15, 0.2) is 0 Å². The van der Waals surface area contributed by atoms with Gasteiger partial charge in [-0.3, -0.25) is 9.59 Å². The van der Waals surface area contributed by atoms with Crippen molar-refractivity contribution in [2.24, 2.45) is 5.92 Å². The zero-order chi connectivity index (χ0) is 22.5. The van der Waals surface area contributed by atoms with Gasteiger partial charge in [0.05, 0.1) is 12.7 Å². The van der Waals surface area contributed by atoms with E-state index in [-0.39, 0.29) is 17.7 Å². The van der Waals surface area contributed by atoms with Crippen LogP contribution in [0.3, 0.4) is 0 Å². The van der Waals surface area contributed by atoms with Crippen molar-refractivity contribution in [1.29, 1.82) is 0 Å². The van der Waals surface area contributed by atoms with Crippen LogP contribution in [0.1, 0.15) is 35.3 Å². The largest absolute Gasteiger partial charge is 0.496 e. The van der Waals surface area contributed by atoms with E-state index >= 15 is 0 Å². The van der Waals surface area contributed by atoms with Crippen molar-refractivity contribution in [2.75, 3.05) is 38.2 Å². The topological polar surface area (TPSA) is 61.9 Å². The Labute approximate surface area is 185 Å². The zero-order valence-electron chi connectivity index (χ0n) is 19.1. The molecule has 1 N–H and O–H groups in total. The van der Waals surface area contributed by atoms with Crippen molar-refractivity contribution in [2.45, 2.75) is 33.7 Å². The fourth-order valence-electron chi connectivity index (χ4n) is 4.01. The molecule has 6 heteroatoms. The molecule has 31 heavy (non-hydrogen) atoms. The number of carbonyl (C=O) groups is 2. The van der Waals surface area contributed by atoms with Crippen molar-refractivity contribution in [3.05, 3.63) is 59.2 Å². The van der Waals surface area contributed by atoms with Gasteiger partial charge in [-0.15, -0.1) is 0 Å². The molecule has 2 amide bonds. The summed E-state index contributed by atoms with van der Waals surface area (Å²) in [5.41, 5.74) is 4.22. The van der Waals surface area contributed by atoms with Gasteiger partial charge in [-0.25, -0.2) is 0 Å². The molecule has 1 saturated heterocycles. The average molecular weight is 424 g/mol. The lowest BCUT2D eigenvalue weighted by atomic mass is 10.0. The van der Waals surface area contributed by atoms with Crippen LogP contribution in [-0.2, 0) is 4.79 Å². The molecular formula is C25H33N3O3. The Kier molecular flexibility index (Phi) is 7.21. The molecule has 3 rings (SSSR count). The molecule has 1 heterocycles. The number of carbonyl (C=O) groups excluding carboxylic acids is 2. The quantitative estimate of drug-likeness (QED) is 0.773. The highest BCUT2D eigenvalue weighted by atomic mass is 16.5. The molecular weight excluding hydrogens is 390 g/mol. The standard InChI is InChI=1S/C25H33N3O3/c1-17(2)23(26-24(29)20-10-6-7-12-22(20)31-5)25(30)28-15-13-27(14-16-28)21-11-8-9-18(3)19(21)4/h6-12,17,23H,13-16H2,1-5H3,(H,26,29)/t23-/m0/s1. The van der Waals surface area contributed by atoms with Gasteiger partial charge in [0.25, 0.3) is 5.91 Å². The third-order valence-electron chi connectivity index (χ3n) is 6.08. The van der Waals surface area contributed by atoms with E-state index in [1.807, 2.05) is 24.8 Å². The number of hydrogen-bond acceptors (Lipinski definition) is 4. The molecule has 0 unspecified atom stereocenters. The number of methoxy groups -OCH3 is 1. The van der Waals surface area contributed by atoms with Crippen LogP contribution in [0, 0.1) is 19.8 Å². The first-order valence-corrected chi connectivity index (χ1v) is 10.9. The maximum absolute atomic E-state index is 13.3. The number of aryl methyl sites for hydroxylation is 1. The van der Waals surface area contributed by atoms with Crippen molar-refractivity contribution in [3.8, 4) is 5.75 Å². The lowest BCUT2D eigenvalue weighted by molar-refractivity contribution is -0.134. The Morgan fingerprint density at radius 1 is 0.968 bits per heavy atom. The van der Waals surface area contributed by atoms with Gasteiger partial charge in [0.1, 0.15) is 11.8 Å². The van der Waals surface area contributed by atoms with Crippen LogP contribution in [0.5, 0.6) is 5.75 Å². The van der Waals surface area contributed by atoms with E-state index in [1.165, 1.54) is 23.9 Å². The van der Waals surface area contributed by atoms with Crippen molar-refractivity contribution in [1.82, 2.24) is 10.2 Å². The molecule has 0 bridgehead atoms. The highest BCUT2D eigenvalue weighted by Crippen LogP contribution is 2.24. The first-order chi connectivity index (χ1) is 14.8. The molecule has 0 aromatic heterocycles. The summed E-state index contributed by atoms with van der Waals surface area (Å²) in [6, 6.07) is 12.8. The molecule has 0 saturated carbocycles. The highest BCUT2D eigenvalue weighted by Gasteiger charge is 2.31. The molecule has 2 aromatic rings. The molecule has 2 aromatic carbocycles. The van der Waals surface area contributed by atoms with E-state index in [0.717, 1.165) is 13.1 Å². The second-order valence-electron chi connectivity index (χ2n) is 8.43. The van der Waals surface area contributed by atoms with Crippen LogP contribution in [0.15, 0.2) is 42.5 Å². The lowest BCUT2D eigenvalue weighted by Crippen LogP contribution is -2.56. The predicted octanol–water partition coefficient (Wildman–Crippen LogP) is 3.42. The summed E-state index contributed by atoms with van der Waals surface area (Å²) in [7, 11) is 1.53. The van der Waals surface area contributed by atoms with Crippen LogP contribution in [0.2, 0.25) is 0 Å². The minimum absolute atomic E-state index is 0.0248. The van der Waals surface area contributed by atoms with E-state index in [4.69, 9.17) is 4.74 Å². The van der Waals surface area contributed by atoms with Crippen LogP contribution >= 0.6 is 0 Å². The van der Waals surface area contributed by atoms with Crippen molar-refractivity contribution >= 4 is 17.5 Å². The fraction of sp³-hybridized carbons (Fsp3) is 0.440. The Hall–Kier alpha value is -3.02. The van der Waals surface area contributed by atoms with Crippen molar-refractivity contribution < 1.29 is 14.3 Å². The van der Waals surface area contributed by atoms with E-state index in [2.05, 4.69) is 42.3 Å². The predicted molar refractivity (Wildman–Crippen MR) is 124 cm³/mol. The summed E-state index contributed by atoms with van der Waals surface area (Å²) in [5.74, 6) is 0.151. The first kappa shape index (κ1) is 22.7. The van der Waals surface area contributed by atoms with Crippen LogP contribution in [0.4, 0.5) is 5.69 Å². The normalized spacial score (nSPS) is 15.0. The molecule has 1 atom stereocenters. The SMILES string of the molecule is COc1ccccc1C(=O)N[C@H](C(=O)N1CCN(c2cccc(C)c2C)CC1)C(C)C. The number of para-hydroxylation sites is 1. The molecule has 0 aliphatic carbocycles.